The maximum Gasteiger partial charge on any atom is 0.123 e. The van der Waals surface area contributed by atoms with Gasteiger partial charge in [-0.15, -0.1) is 0 Å². The van der Waals surface area contributed by atoms with Gasteiger partial charge < -0.3 is 14.8 Å². The van der Waals surface area contributed by atoms with Crippen molar-refractivity contribution in [2.24, 2.45) is 0 Å². The van der Waals surface area contributed by atoms with Gasteiger partial charge in [-0.25, -0.2) is 0 Å². The quantitative estimate of drug-likeness (QED) is 0.829. The van der Waals surface area contributed by atoms with Gasteiger partial charge in [0.1, 0.15) is 5.76 Å². The lowest BCUT2D eigenvalue weighted by molar-refractivity contribution is 0.216. The van der Waals surface area contributed by atoms with Gasteiger partial charge >= 0.3 is 0 Å². The Kier molecular flexibility index (Phi) is 4.36. The molecule has 2 aromatic rings. The van der Waals surface area contributed by atoms with E-state index in [2.05, 4.69) is 29.1 Å². The number of rotatable bonds is 6. The standard InChI is InChI=1S/C13H17NO2S/c1-10(7-11-4-6-17-9-11)14-12(8-15)13-3-2-5-16-13/h2-6,9-10,12,14-15H,7-8H2,1H3. The lowest BCUT2D eigenvalue weighted by atomic mass is 10.1. The lowest BCUT2D eigenvalue weighted by Crippen LogP contribution is -2.33. The van der Waals surface area contributed by atoms with E-state index in [1.54, 1.807) is 17.6 Å². The SMILES string of the molecule is CC(Cc1ccsc1)NC(CO)c1ccco1. The summed E-state index contributed by atoms with van der Waals surface area (Å²) in [4.78, 5) is 0. The Balaban J connectivity index is 1.90. The summed E-state index contributed by atoms with van der Waals surface area (Å²) in [5.41, 5.74) is 1.33. The van der Waals surface area contributed by atoms with Crippen LogP contribution in [-0.4, -0.2) is 17.8 Å². The van der Waals surface area contributed by atoms with Crippen molar-refractivity contribution >= 4 is 11.3 Å². The van der Waals surface area contributed by atoms with Crippen LogP contribution < -0.4 is 5.32 Å². The van der Waals surface area contributed by atoms with Crippen LogP contribution in [0.2, 0.25) is 0 Å². The Morgan fingerprint density at radius 3 is 2.94 bits per heavy atom. The van der Waals surface area contributed by atoms with Crippen LogP contribution >= 0.6 is 11.3 Å². The Bertz CT molecular complexity index is 411. The van der Waals surface area contributed by atoms with Crippen molar-refractivity contribution in [2.45, 2.75) is 25.4 Å². The van der Waals surface area contributed by atoms with Crippen molar-refractivity contribution in [3.05, 3.63) is 46.5 Å². The van der Waals surface area contributed by atoms with Gasteiger partial charge in [0.05, 0.1) is 18.9 Å². The number of nitrogens with one attached hydrogen (secondary N) is 1. The molecule has 2 rings (SSSR count). The predicted molar refractivity (Wildman–Crippen MR) is 69.2 cm³/mol. The molecule has 0 aromatic carbocycles. The maximum absolute atomic E-state index is 9.35. The predicted octanol–water partition coefficient (Wildman–Crippen LogP) is 2.60. The second-order valence-electron chi connectivity index (χ2n) is 4.15. The minimum Gasteiger partial charge on any atom is -0.468 e. The van der Waals surface area contributed by atoms with Crippen molar-refractivity contribution in [1.82, 2.24) is 5.32 Å². The van der Waals surface area contributed by atoms with Crippen molar-refractivity contribution in [2.75, 3.05) is 6.61 Å². The summed E-state index contributed by atoms with van der Waals surface area (Å²) in [5, 5.41) is 17.0. The molecule has 0 bridgehead atoms. The number of thiophene rings is 1. The Morgan fingerprint density at radius 2 is 2.35 bits per heavy atom. The third-order valence-corrected chi connectivity index (χ3v) is 3.41. The smallest absolute Gasteiger partial charge is 0.123 e. The third-order valence-electron chi connectivity index (χ3n) is 2.68. The molecule has 2 N–H and O–H groups in total. The summed E-state index contributed by atoms with van der Waals surface area (Å²) in [6.07, 6.45) is 2.59. The van der Waals surface area contributed by atoms with Gasteiger partial charge in [-0.1, -0.05) is 0 Å². The molecule has 0 radical (unpaired) electrons. The molecule has 2 unspecified atom stereocenters. The third kappa shape index (κ3) is 3.43. The van der Waals surface area contributed by atoms with Crippen molar-refractivity contribution in [1.29, 1.82) is 0 Å². The van der Waals surface area contributed by atoms with E-state index in [1.165, 1.54) is 5.56 Å². The highest BCUT2D eigenvalue weighted by Gasteiger charge is 2.15. The van der Waals surface area contributed by atoms with Gasteiger partial charge in [0.2, 0.25) is 0 Å². The molecule has 0 saturated carbocycles. The van der Waals surface area contributed by atoms with E-state index in [-0.39, 0.29) is 12.6 Å². The molecule has 17 heavy (non-hydrogen) atoms. The van der Waals surface area contributed by atoms with Gasteiger partial charge in [-0.3, -0.25) is 0 Å². The fourth-order valence-electron chi connectivity index (χ4n) is 1.88. The normalized spacial score (nSPS) is 14.7. The monoisotopic (exact) mass is 251 g/mol. The van der Waals surface area contributed by atoms with Crippen LogP contribution in [0.25, 0.3) is 0 Å². The molecular formula is C13H17NO2S. The van der Waals surface area contributed by atoms with E-state index in [4.69, 9.17) is 4.42 Å². The van der Waals surface area contributed by atoms with Crippen molar-refractivity contribution in [3.63, 3.8) is 0 Å². The van der Waals surface area contributed by atoms with Gasteiger partial charge in [0.15, 0.2) is 0 Å². The number of hydrogen-bond donors (Lipinski definition) is 2. The van der Waals surface area contributed by atoms with Gasteiger partial charge in [-0.2, -0.15) is 11.3 Å². The lowest BCUT2D eigenvalue weighted by Gasteiger charge is -2.19. The molecule has 0 aliphatic rings. The molecule has 0 amide bonds. The summed E-state index contributed by atoms with van der Waals surface area (Å²) in [6, 6.07) is 6.02. The summed E-state index contributed by atoms with van der Waals surface area (Å²) < 4.78 is 5.30. The summed E-state index contributed by atoms with van der Waals surface area (Å²) in [6.45, 7) is 2.16. The molecule has 2 aromatic heterocycles. The zero-order valence-electron chi connectivity index (χ0n) is 9.80. The first kappa shape index (κ1) is 12.4. The molecule has 0 aliphatic heterocycles. The van der Waals surface area contributed by atoms with E-state index in [0.717, 1.165) is 12.2 Å². The number of aliphatic hydroxyl groups excluding tert-OH is 1. The Morgan fingerprint density at radius 1 is 1.47 bits per heavy atom. The maximum atomic E-state index is 9.35. The molecule has 2 atom stereocenters. The molecule has 2 heterocycles. The first-order chi connectivity index (χ1) is 8.29. The first-order valence-electron chi connectivity index (χ1n) is 5.71. The van der Waals surface area contributed by atoms with Gasteiger partial charge in [0.25, 0.3) is 0 Å². The first-order valence-corrected chi connectivity index (χ1v) is 6.65. The van der Waals surface area contributed by atoms with E-state index in [1.807, 2.05) is 12.1 Å². The zero-order chi connectivity index (χ0) is 12.1. The van der Waals surface area contributed by atoms with E-state index in [0.29, 0.717) is 6.04 Å². The summed E-state index contributed by atoms with van der Waals surface area (Å²) in [5.74, 6) is 0.782. The molecule has 0 saturated heterocycles. The largest absolute Gasteiger partial charge is 0.468 e. The molecule has 0 aliphatic carbocycles. The number of aliphatic hydroxyl groups is 1. The van der Waals surface area contributed by atoms with Crippen LogP contribution in [-0.2, 0) is 6.42 Å². The van der Waals surface area contributed by atoms with Crippen LogP contribution in [0.3, 0.4) is 0 Å². The second kappa shape index (κ2) is 6.00. The topological polar surface area (TPSA) is 45.4 Å². The Hall–Kier alpha value is -1.10. The molecule has 4 heteroatoms. The summed E-state index contributed by atoms with van der Waals surface area (Å²) in [7, 11) is 0. The highest BCUT2D eigenvalue weighted by Crippen LogP contribution is 2.15. The average molecular weight is 251 g/mol. The van der Waals surface area contributed by atoms with Crippen LogP contribution in [0.4, 0.5) is 0 Å². The van der Waals surface area contributed by atoms with E-state index in [9.17, 15) is 5.11 Å². The molecular weight excluding hydrogens is 234 g/mol. The highest BCUT2D eigenvalue weighted by atomic mass is 32.1. The van der Waals surface area contributed by atoms with Crippen LogP contribution in [0.1, 0.15) is 24.3 Å². The van der Waals surface area contributed by atoms with E-state index >= 15 is 0 Å². The minimum atomic E-state index is -0.126. The van der Waals surface area contributed by atoms with Gasteiger partial charge in [0, 0.05) is 6.04 Å². The number of hydrogen-bond acceptors (Lipinski definition) is 4. The summed E-state index contributed by atoms with van der Waals surface area (Å²) >= 11 is 1.71. The fraction of sp³-hybridized carbons (Fsp3) is 0.385. The fourth-order valence-corrected chi connectivity index (χ4v) is 2.56. The zero-order valence-corrected chi connectivity index (χ0v) is 10.6. The average Bonchev–Trinajstić information content (AvgIpc) is 2.97. The molecule has 92 valence electrons. The molecule has 0 fully saturated rings. The Labute approximate surface area is 105 Å². The van der Waals surface area contributed by atoms with Crippen LogP contribution in [0.5, 0.6) is 0 Å². The van der Waals surface area contributed by atoms with E-state index < -0.39 is 0 Å². The highest BCUT2D eigenvalue weighted by molar-refractivity contribution is 7.07. The van der Waals surface area contributed by atoms with Crippen molar-refractivity contribution < 1.29 is 9.52 Å². The molecule has 0 spiro atoms. The second-order valence-corrected chi connectivity index (χ2v) is 4.93. The van der Waals surface area contributed by atoms with Crippen molar-refractivity contribution in [3.8, 4) is 0 Å². The van der Waals surface area contributed by atoms with Crippen LogP contribution in [0, 0.1) is 0 Å². The molecule has 3 nitrogen and oxygen atoms in total. The van der Waals surface area contributed by atoms with Gasteiger partial charge in [-0.05, 0) is 47.9 Å². The number of furan rings is 1. The van der Waals surface area contributed by atoms with Crippen LogP contribution in [0.15, 0.2) is 39.6 Å². The minimum absolute atomic E-state index is 0.0431.